The molecule has 28 heavy (non-hydrogen) atoms. The zero-order valence-electron chi connectivity index (χ0n) is 16.2. The second-order valence-corrected chi connectivity index (χ2v) is 8.34. The van der Waals surface area contributed by atoms with Gasteiger partial charge in [0.2, 0.25) is 5.91 Å². The third-order valence-electron chi connectivity index (χ3n) is 4.60. The fourth-order valence-electron chi connectivity index (χ4n) is 2.92. The Morgan fingerprint density at radius 3 is 2.61 bits per heavy atom. The van der Waals surface area contributed by atoms with Crippen LogP contribution in [0.25, 0.3) is 0 Å². The van der Waals surface area contributed by atoms with Gasteiger partial charge in [0.25, 0.3) is 0 Å². The minimum Gasteiger partial charge on any atom is -0.340 e. The van der Waals surface area contributed by atoms with Gasteiger partial charge in [0, 0.05) is 0 Å². The molecule has 1 aliphatic rings. The number of quaternary nitrogens is 1. The van der Waals surface area contributed by atoms with E-state index in [1.165, 1.54) is 16.7 Å². The number of carbonyl (C=O) groups is 1. The highest BCUT2D eigenvalue weighted by Crippen LogP contribution is 2.23. The van der Waals surface area contributed by atoms with E-state index in [0.717, 1.165) is 42.6 Å². The van der Waals surface area contributed by atoms with Gasteiger partial charge >= 0.3 is 0 Å². The number of carbonyl (C=O) groups excluding carboxylic acids is 1. The van der Waals surface area contributed by atoms with E-state index in [9.17, 15) is 4.79 Å². The molecule has 5 nitrogen and oxygen atoms in total. The predicted octanol–water partition coefficient (Wildman–Crippen LogP) is 2.84. The number of piperazine rings is 1. The highest BCUT2D eigenvalue weighted by molar-refractivity contribution is 8.14. The molecule has 0 bridgehead atoms. The molecule has 1 saturated heterocycles. The van der Waals surface area contributed by atoms with E-state index in [1.807, 2.05) is 55.5 Å². The molecule has 1 aliphatic heterocycles. The zero-order chi connectivity index (χ0) is 19.9. The van der Waals surface area contributed by atoms with E-state index in [1.54, 1.807) is 0 Å². The lowest BCUT2D eigenvalue weighted by Crippen LogP contribution is -3.12. The molecular formula is C21H26ClN4OS+. The second-order valence-electron chi connectivity index (χ2n) is 6.99. The first-order valence-corrected chi connectivity index (χ1v) is 10.8. The van der Waals surface area contributed by atoms with Gasteiger partial charge in [-0.05, 0) is 36.8 Å². The molecular weight excluding hydrogens is 392 g/mol. The Hall–Kier alpha value is -2.02. The largest absolute Gasteiger partial charge is 0.340 e. The Balaban J connectivity index is 1.67. The summed E-state index contributed by atoms with van der Waals surface area (Å²) in [5.74, 6) is 0.200. The third-order valence-corrected chi connectivity index (χ3v) is 5.93. The fraction of sp³-hybridized carbons (Fsp3) is 0.333. The van der Waals surface area contributed by atoms with Gasteiger partial charge in [0.15, 0.2) is 5.17 Å². The van der Waals surface area contributed by atoms with E-state index in [2.05, 4.69) is 17.3 Å². The van der Waals surface area contributed by atoms with Crippen LogP contribution in [0, 0.1) is 6.92 Å². The van der Waals surface area contributed by atoms with Crippen LogP contribution in [0.2, 0.25) is 5.02 Å². The van der Waals surface area contributed by atoms with Crippen LogP contribution >= 0.6 is 23.4 Å². The quantitative estimate of drug-likeness (QED) is 0.594. The molecule has 0 radical (unpaired) electrons. The molecule has 2 N–H and O–H groups in total. The molecule has 0 atom stereocenters. The first-order chi connectivity index (χ1) is 13.5. The first kappa shape index (κ1) is 20.7. The molecule has 3 rings (SSSR count). The van der Waals surface area contributed by atoms with Gasteiger partial charge in [0.1, 0.15) is 0 Å². The van der Waals surface area contributed by atoms with Crippen molar-refractivity contribution in [2.75, 3.05) is 44.3 Å². The number of hydrogen-bond acceptors (Lipinski definition) is 3. The number of aliphatic imine (C=N–C) groups is 1. The van der Waals surface area contributed by atoms with Gasteiger partial charge in [-0.25, -0.2) is 4.99 Å². The molecule has 2 aromatic carbocycles. The van der Waals surface area contributed by atoms with Gasteiger partial charge < -0.3 is 15.1 Å². The summed E-state index contributed by atoms with van der Waals surface area (Å²) in [6, 6.07) is 15.5. The lowest BCUT2D eigenvalue weighted by atomic mass is 10.2. The number of hydrogen-bond donors (Lipinski definition) is 2. The van der Waals surface area contributed by atoms with Crippen molar-refractivity contribution >= 4 is 45.8 Å². The third kappa shape index (κ3) is 5.99. The van der Waals surface area contributed by atoms with Gasteiger partial charge in [-0.2, -0.15) is 0 Å². The van der Waals surface area contributed by atoms with Gasteiger partial charge in [-0.15, -0.1) is 0 Å². The SMILES string of the molecule is Cc1ccc(NC(=O)CSC(=Nc2ccccc2)N2CC[NH+](C)CC2)c(Cl)c1. The summed E-state index contributed by atoms with van der Waals surface area (Å²) in [5, 5.41) is 4.34. The van der Waals surface area contributed by atoms with Crippen LogP contribution in [0.15, 0.2) is 53.5 Å². The molecule has 0 spiro atoms. The number of amidine groups is 1. The molecule has 0 unspecified atom stereocenters. The van der Waals surface area contributed by atoms with Crippen molar-refractivity contribution in [3.8, 4) is 0 Å². The predicted molar refractivity (Wildman–Crippen MR) is 119 cm³/mol. The van der Waals surface area contributed by atoms with Crippen LogP contribution < -0.4 is 10.2 Å². The number of nitrogens with one attached hydrogen (secondary N) is 2. The van der Waals surface area contributed by atoms with Crippen molar-refractivity contribution in [2.24, 2.45) is 4.99 Å². The Kier molecular flexibility index (Phi) is 7.36. The number of anilines is 1. The normalized spacial score (nSPS) is 15.5. The van der Waals surface area contributed by atoms with Gasteiger partial charge in [0.05, 0.1) is 55.4 Å². The maximum Gasteiger partial charge on any atom is 0.234 e. The number of halogens is 1. The Bertz CT molecular complexity index is 836. The van der Waals surface area contributed by atoms with Crippen molar-refractivity contribution < 1.29 is 9.69 Å². The van der Waals surface area contributed by atoms with Crippen LogP contribution in [0.4, 0.5) is 11.4 Å². The lowest BCUT2D eigenvalue weighted by Gasteiger charge is -2.32. The molecule has 1 heterocycles. The van der Waals surface area contributed by atoms with Crippen LogP contribution in [-0.2, 0) is 4.79 Å². The smallest absolute Gasteiger partial charge is 0.234 e. The number of para-hydroxylation sites is 1. The molecule has 1 fully saturated rings. The van der Waals surface area contributed by atoms with E-state index in [0.29, 0.717) is 10.7 Å². The summed E-state index contributed by atoms with van der Waals surface area (Å²) in [5.41, 5.74) is 2.60. The van der Waals surface area contributed by atoms with Crippen LogP contribution in [0.1, 0.15) is 5.56 Å². The van der Waals surface area contributed by atoms with Crippen LogP contribution in [0.3, 0.4) is 0 Å². The monoisotopic (exact) mass is 417 g/mol. The minimum absolute atomic E-state index is 0.0868. The summed E-state index contributed by atoms with van der Waals surface area (Å²) in [6.45, 7) is 5.99. The summed E-state index contributed by atoms with van der Waals surface area (Å²) in [4.78, 5) is 21.1. The average molecular weight is 418 g/mol. The number of nitrogens with zero attached hydrogens (tertiary/aromatic N) is 2. The van der Waals surface area contributed by atoms with Gasteiger partial charge in [-0.1, -0.05) is 47.6 Å². The number of thioether (sulfide) groups is 1. The number of rotatable bonds is 4. The molecule has 148 valence electrons. The number of likely N-dealkylation sites (N-methyl/N-ethyl adjacent to an activating group) is 1. The number of amides is 1. The molecule has 0 aliphatic carbocycles. The Morgan fingerprint density at radius 2 is 1.93 bits per heavy atom. The highest BCUT2D eigenvalue weighted by Gasteiger charge is 2.21. The topological polar surface area (TPSA) is 49.1 Å². The first-order valence-electron chi connectivity index (χ1n) is 9.40. The minimum atomic E-state index is -0.0868. The molecule has 2 aromatic rings. The summed E-state index contributed by atoms with van der Waals surface area (Å²) >= 11 is 7.70. The van der Waals surface area contributed by atoms with Crippen LogP contribution in [0.5, 0.6) is 0 Å². The maximum atomic E-state index is 12.5. The number of benzene rings is 2. The average Bonchev–Trinajstić information content (AvgIpc) is 2.69. The summed E-state index contributed by atoms with van der Waals surface area (Å²) in [6.07, 6.45) is 0. The van der Waals surface area contributed by atoms with E-state index >= 15 is 0 Å². The number of aryl methyl sites for hydroxylation is 1. The zero-order valence-corrected chi connectivity index (χ0v) is 17.8. The van der Waals surface area contributed by atoms with E-state index < -0.39 is 0 Å². The Morgan fingerprint density at radius 1 is 1.21 bits per heavy atom. The highest BCUT2D eigenvalue weighted by atomic mass is 35.5. The second kappa shape index (κ2) is 9.96. The van der Waals surface area contributed by atoms with Crippen molar-refractivity contribution in [3.63, 3.8) is 0 Å². The molecule has 0 aromatic heterocycles. The fourth-order valence-corrected chi connectivity index (χ4v) is 4.07. The van der Waals surface area contributed by atoms with E-state index in [-0.39, 0.29) is 11.7 Å². The van der Waals surface area contributed by atoms with Crippen molar-refractivity contribution in [2.45, 2.75) is 6.92 Å². The van der Waals surface area contributed by atoms with Crippen LogP contribution in [-0.4, -0.2) is 55.0 Å². The summed E-state index contributed by atoms with van der Waals surface area (Å²) in [7, 11) is 2.21. The standard InChI is InChI=1S/C21H25ClN4OS/c1-16-8-9-19(18(22)14-16)24-20(27)15-28-21(23-17-6-4-3-5-7-17)26-12-10-25(2)11-13-26/h3-9,14H,10-13,15H2,1-2H3,(H,24,27)/p+1. The van der Waals surface area contributed by atoms with Crippen molar-refractivity contribution in [1.82, 2.24) is 4.90 Å². The molecule has 0 saturated carbocycles. The van der Waals surface area contributed by atoms with E-state index in [4.69, 9.17) is 16.6 Å². The maximum absolute atomic E-state index is 12.5. The van der Waals surface area contributed by atoms with Crippen molar-refractivity contribution in [1.29, 1.82) is 0 Å². The lowest BCUT2D eigenvalue weighted by molar-refractivity contribution is -0.883. The summed E-state index contributed by atoms with van der Waals surface area (Å²) < 4.78 is 0. The Labute approximate surface area is 175 Å². The molecule has 7 heteroatoms. The molecule has 1 amide bonds. The van der Waals surface area contributed by atoms with Gasteiger partial charge in [-0.3, -0.25) is 4.79 Å². The van der Waals surface area contributed by atoms with Crippen molar-refractivity contribution in [3.05, 3.63) is 59.1 Å².